The van der Waals surface area contributed by atoms with E-state index in [2.05, 4.69) is 5.32 Å². The Hall–Kier alpha value is -1.45. The number of halogens is 3. The van der Waals surface area contributed by atoms with Crippen molar-refractivity contribution in [1.29, 1.82) is 0 Å². The number of rotatable bonds is 4. The summed E-state index contributed by atoms with van der Waals surface area (Å²) in [6.45, 7) is 2.59. The van der Waals surface area contributed by atoms with Crippen molar-refractivity contribution < 1.29 is 8.78 Å². The summed E-state index contributed by atoms with van der Waals surface area (Å²) in [6, 6.07) is 10.5. The van der Waals surface area contributed by atoms with Gasteiger partial charge in [-0.3, -0.25) is 0 Å². The first-order valence-corrected chi connectivity index (χ1v) is 6.44. The predicted molar refractivity (Wildman–Crippen MR) is 73.3 cm³/mol. The van der Waals surface area contributed by atoms with Crippen LogP contribution in [0.3, 0.4) is 0 Å². The van der Waals surface area contributed by atoms with Crippen LogP contribution in [0.4, 0.5) is 8.78 Å². The van der Waals surface area contributed by atoms with Crippen molar-refractivity contribution in [2.24, 2.45) is 0 Å². The summed E-state index contributed by atoms with van der Waals surface area (Å²) in [5, 5.41) is 3.26. The van der Waals surface area contributed by atoms with Gasteiger partial charge in [0.1, 0.15) is 11.6 Å². The van der Waals surface area contributed by atoms with Crippen LogP contribution in [0.5, 0.6) is 0 Å². The Labute approximate surface area is 116 Å². The summed E-state index contributed by atoms with van der Waals surface area (Å²) < 4.78 is 26.9. The van der Waals surface area contributed by atoms with Crippen LogP contribution in [-0.2, 0) is 0 Å². The zero-order chi connectivity index (χ0) is 13.8. The minimum Gasteiger partial charge on any atom is -0.306 e. The van der Waals surface area contributed by atoms with Crippen LogP contribution in [-0.4, -0.2) is 6.54 Å². The molecule has 1 nitrogen and oxygen atoms in total. The van der Waals surface area contributed by atoms with E-state index in [4.69, 9.17) is 11.6 Å². The van der Waals surface area contributed by atoms with Crippen molar-refractivity contribution in [3.63, 3.8) is 0 Å². The molecule has 2 aromatic carbocycles. The van der Waals surface area contributed by atoms with E-state index in [0.717, 1.165) is 0 Å². The van der Waals surface area contributed by atoms with Crippen molar-refractivity contribution in [3.05, 3.63) is 70.2 Å². The number of benzene rings is 2. The Balaban J connectivity index is 2.48. The monoisotopic (exact) mass is 281 g/mol. The molecule has 0 aromatic heterocycles. The fourth-order valence-electron chi connectivity index (χ4n) is 2.04. The summed E-state index contributed by atoms with van der Waals surface area (Å²) in [6.07, 6.45) is 0. The standard InChI is InChI=1S/C15H14ClF2N/c1-2-19-15(10-5-3-6-11(17)9-10)12-7-4-8-13(18)14(12)16/h3-9,15,19H,2H2,1H3. The minimum absolute atomic E-state index is 0.0673. The highest BCUT2D eigenvalue weighted by atomic mass is 35.5. The Morgan fingerprint density at radius 2 is 1.89 bits per heavy atom. The van der Waals surface area contributed by atoms with E-state index in [9.17, 15) is 8.78 Å². The first-order valence-electron chi connectivity index (χ1n) is 6.06. The molecule has 0 aliphatic heterocycles. The van der Waals surface area contributed by atoms with Gasteiger partial charge in [0.2, 0.25) is 0 Å². The molecule has 0 saturated heterocycles. The second-order valence-electron chi connectivity index (χ2n) is 4.19. The van der Waals surface area contributed by atoms with Gasteiger partial charge in [-0.15, -0.1) is 0 Å². The maximum absolute atomic E-state index is 13.5. The summed E-state index contributed by atoms with van der Waals surface area (Å²) >= 11 is 6.00. The second-order valence-corrected chi connectivity index (χ2v) is 4.57. The van der Waals surface area contributed by atoms with Crippen molar-refractivity contribution in [1.82, 2.24) is 5.32 Å². The smallest absolute Gasteiger partial charge is 0.142 e. The van der Waals surface area contributed by atoms with E-state index in [1.54, 1.807) is 24.3 Å². The van der Waals surface area contributed by atoms with Gasteiger partial charge in [0, 0.05) is 0 Å². The van der Waals surface area contributed by atoms with Crippen molar-refractivity contribution >= 4 is 11.6 Å². The SMILES string of the molecule is CCNC(c1cccc(F)c1)c1cccc(F)c1Cl. The van der Waals surface area contributed by atoms with Crippen molar-refractivity contribution in [3.8, 4) is 0 Å². The van der Waals surface area contributed by atoms with Gasteiger partial charge in [0.25, 0.3) is 0 Å². The van der Waals surface area contributed by atoms with Gasteiger partial charge in [-0.05, 0) is 35.9 Å². The van der Waals surface area contributed by atoms with Crippen molar-refractivity contribution in [2.45, 2.75) is 13.0 Å². The van der Waals surface area contributed by atoms with Crippen LogP contribution in [0.2, 0.25) is 5.02 Å². The third kappa shape index (κ3) is 3.11. The zero-order valence-corrected chi connectivity index (χ0v) is 11.2. The Kier molecular flexibility index (Phi) is 4.51. The molecule has 1 atom stereocenters. The molecule has 1 unspecified atom stereocenters. The molecule has 1 N–H and O–H groups in total. The molecule has 0 aliphatic carbocycles. The van der Waals surface area contributed by atoms with Gasteiger partial charge in [0.15, 0.2) is 0 Å². The molecular weight excluding hydrogens is 268 g/mol. The van der Waals surface area contributed by atoms with Gasteiger partial charge in [0.05, 0.1) is 11.1 Å². The number of hydrogen-bond acceptors (Lipinski definition) is 1. The zero-order valence-electron chi connectivity index (χ0n) is 10.5. The summed E-state index contributed by atoms with van der Waals surface area (Å²) in [4.78, 5) is 0. The molecule has 0 saturated carbocycles. The topological polar surface area (TPSA) is 12.0 Å². The van der Waals surface area contributed by atoms with Crippen LogP contribution >= 0.6 is 11.6 Å². The summed E-state index contributed by atoms with van der Waals surface area (Å²) in [7, 11) is 0. The first kappa shape index (κ1) is 14.0. The van der Waals surface area contributed by atoms with Crippen molar-refractivity contribution in [2.75, 3.05) is 6.54 Å². The third-order valence-corrected chi connectivity index (χ3v) is 3.28. The van der Waals surface area contributed by atoms with Crippen LogP contribution in [0.15, 0.2) is 42.5 Å². The Morgan fingerprint density at radius 1 is 1.16 bits per heavy atom. The molecule has 0 radical (unpaired) electrons. The van der Waals surface area contributed by atoms with Gasteiger partial charge in [-0.25, -0.2) is 8.78 Å². The average Bonchev–Trinajstić information content (AvgIpc) is 2.40. The normalized spacial score (nSPS) is 12.4. The fraction of sp³-hybridized carbons (Fsp3) is 0.200. The molecular formula is C15H14ClF2N. The van der Waals surface area contributed by atoms with E-state index >= 15 is 0 Å². The maximum atomic E-state index is 13.5. The molecule has 0 fully saturated rings. The molecule has 0 amide bonds. The van der Waals surface area contributed by atoms with Gasteiger partial charge >= 0.3 is 0 Å². The van der Waals surface area contributed by atoms with Crippen LogP contribution < -0.4 is 5.32 Å². The van der Waals surface area contributed by atoms with Gasteiger partial charge < -0.3 is 5.32 Å². The third-order valence-electron chi connectivity index (χ3n) is 2.88. The fourth-order valence-corrected chi connectivity index (χ4v) is 2.28. The lowest BCUT2D eigenvalue weighted by molar-refractivity contribution is 0.593. The molecule has 0 spiro atoms. The molecule has 100 valence electrons. The lowest BCUT2D eigenvalue weighted by atomic mass is 9.98. The lowest BCUT2D eigenvalue weighted by Crippen LogP contribution is -2.22. The first-order chi connectivity index (χ1) is 9.13. The maximum Gasteiger partial charge on any atom is 0.142 e. The second kappa shape index (κ2) is 6.13. The van der Waals surface area contributed by atoms with E-state index in [1.165, 1.54) is 18.2 Å². The van der Waals surface area contributed by atoms with E-state index in [-0.39, 0.29) is 16.9 Å². The van der Waals surface area contributed by atoms with E-state index in [0.29, 0.717) is 17.7 Å². The lowest BCUT2D eigenvalue weighted by Gasteiger charge is -2.20. The van der Waals surface area contributed by atoms with Crippen LogP contribution in [0.1, 0.15) is 24.1 Å². The van der Waals surface area contributed by atoms with Gasteiger partial charge in [-0.2, -0.15) is 0 Å². The molecule has 0 aliphatic rings. The number of hydrogen-bond donors (Lipinski definition) is 1. The van der Waals surface area contributed by atoms with E-state index < -0.39 is 5.82 Å². The summed E-state index contributed by atoms with van der Waals surface area (Å²) in [5.41, 5.74) is 1.32. The number of nitrogens with one attached hydrogen (secondary N) is 1. The van der Waals surface area contributed by atoms with Crippen LogP contribution in [0.25, 0.3) is 0 Å². The Morgan fingerprint density at radius 3 is 2.58 bits per heavy atom. The Bertz CT molecular complexity index is 572. The van der Waals surface area contributed by atoms with Crippen LogP contribution in [0, 0.1) is 11.6 Å². The van der Waals surface area contributed by atoms with Gasteiger partial charge in [-0.1, -0.05) is 42.8 Å². The average molecular weight is 282 g/mol. The molecule has 2 aromatic rings. The predicted octanol–water partition coefficient (Wildman–Crippen LogP) is 4.32. The molecule has 0 heterocycles. The highest BCUT2D eigenvalue weighted by Crippen LogP contribution is 2.30. The molecule has 4 heteroatoms. The molecule has 19 heavy (non-hydrogen) atoms. The summed E-state index contributed by atoms with van der Waals surface area (Å²) in [5.74, 6) is -0.800. The minimum atomic E-state index is -0.474. The quantitative estimate of drug-likeness (QED) is 0.880. The largest absolute Gasteiger partial charge is 0.306 e. The van der Waals surface area contributed by atoms with E-state index in [1.807, 2.05) is 6.92 Å². The highest BCUT2D eigenvalue weighted by Gasteiger charge is 2.18. The molecule has 0 bridgehead atoms. The highest BCUT2D eigenvalue weighted by molar-refractivity contribution is 6.31. The molecule has 2 rings (SSSR count).